The predicted molar refractivity (Wildman–Crippen MR) is 53.6 cm³/mol. The van der Waals surface area contributed by atoms with E-state index in [-0.39, 0.29) is 5.91 Å². The van der Waals surface area contributed by atoms with Crippen LogP contribution in [0.15, 0.2) is 17.5 Å². The largest absolute Gasteiger partial charge is 0.340 e. The Balaban J connectivity index is 2.53. The minimum Gasteiger partial charge on any atom is -0.340 e. The number of thiophene rings is 1. The van der Waals surface area contributed by atoms with Gasteiger partial charge in [0.25, 0.3) is 11.8 Å². The van der Waals surface area contributed by atoms with E-state index in [0.29, 0.717) is 4.88 Å². The van der Waals surface area contributed by atoms with Crippen molar-refractivity contribution in [2.24, 2.45) is 5.84 Å². The second-order valence-electron chi connectivity index (χ2n) is 2.68. The Kier molecular flexibility index (Phi) is 3.61. The molecule has 1 aromatic heterocycles. The Hall–Kier alpha value is -1.40. The van der Waals surface area contributed by atoms with E-state index in [1.165, 1.54) is 11.3 Å². The molecule has 6 heteroatoms. The third-order valence-electron chi connectivity index (χ3n) is 1.63. The van der Waals surface area contributed by atoms with E-state index in [9.17, 15) is 9.59 Å². The van der Waals surface area contributed by atoms with Gasteiger partial charge in [0, 0.05) is 0 Å². The topological polar surface area (TPSA) is 84.2 Å². The van der Waals surface area contributed by atoms with Crippen LogP contribution in [0, 0.1) is 0 Å². The molecular weight excluding hydrogens is 202 g/mol. The van der Waals surface area contributed by atoms with Gasteiger partial charge in [-0.15, -0.1) is 11.3 Å². The van der Waals surface area contributed by atoms with Gasteiger partial charge in [-0.3, -0.25) is 15.0 Å². The lowest BCUT2D eigenvalue weighted by Gasteiger charge is -2.10. The Labute approximate surface area is 85.3 Å². The van der Waals surface area contributed by atoms with Crippen LogP contribution >= 0.6 is 11.3 Å². The van der Waals surface area contributed by atoms with Crippen LogP contribution in [-0.4, -0.2) is 17.9 Å². The Morgan fingerprint density at radius 2 is 2.29 bits per heavy atom. The van der Waals surface area contributed by atoms with Crippen molar-refractivity contribution < 1.29 is 9.59 Å². The molecule has 0 spiro atoms. The molecule has 1 aromatic rings. The van der Waals surface area contributed by atoms with Gasteiger partial charge in [-0.2, -0.15) is 0 Å². The van der Waals surface area contributed by atoms with Crippen LogP contribution in [0.5, 0.6) is 0 Å². The first kappa shape index (κ1) is 10.7. The first-order chi connectivity index (χ1) is 6.65. The lowest BCUT2D eigenvalue weighted by molar-refractivity contribution is -0.122. The summed E-state index contributed by atoms with van der Waals surface area (Å²) in [7, 11) is 0. The average Bonchev–Trinajstić information content (AvgIpc) is 2.69. The molecule has 0 bridgehead atoms. The van der Waals surface area contributed by atoms with Gasteiger partial charge in [0.05, 0.1) is 4.88 Å². The zero-order chi connectivity index (χ0) is 10.6. The highest BCUT2D eigenvalue weighted by Gasteiger charge is 2.15. The summed E-state index contributed by atoms with van der Waals surface area (Å²) in [6, 6.07) is 2.83. The lowest BCUT2D eigenvalue weighted by Crippen LogP contribution is -2.47. The number of hydrogen-bond acceptors (Lipinski definition) is 4. The van der Waals surface area contributed by atoms with E-state index in [2.05, 4.69) is 5.32 Å². The van der Waals surface area contributed by atoms with Crippen molar-refractivity contribution in [3.05, 3.63) is 22.4 Å². The van der Waals surface area contributed by atoms with E-state index in [0.717, 1.165) is 0 Å². The summed E-state index contributed by atoms with van der Waals surface area (Å²) in [6.07, 6.45) is 0. The molecule has 0 aromatic carbocycles. The van der Waals surface area contributed by atoms with Crippen molar-refractivity contribution in [3.63, 3.8) is 0 Å². The average molecular weight is 213 g/mol. The molecule has 0 aliphatic carbocycles. The minimum absolute atomic E-state index is 0.267. The molecule has 0 fully saturated rings. The Morgan fingerprint density at radius 3 is 2.79 bits per heavy atom. The maximum absolute atomic E-state index is 11.4. The number of rotatable bonds is 3. The van der Waals surface area contributed by atoms with E-state index in [1.54, 1.807) is 24.4 Å². The van der Waals surface area contributed by atoms with Crippen LogP contribution in [0.4, 0.5) is 0 Å². The van der Waals surface area contributed by atoms with Crippen molar-refractivity contribution in [2.45, 2.75) is 13.0 Å². The van der Waals surface area contributed by atoms with Crippen molar-refractivity contribution in [3.8, 4) is 0 Å². The number of nitrogens with two attached hydrogens (primary N) is 1. The van der Waals surface area contributed by atoms with Gasteiger partial charge >= 0.3 is 0 Å². The zero-order valence-corrected chi connectivity index (χ0v) is 8.43. The van der Waals surface area contributed by atoms with E-state index in [1.807, 2.05) is 5.43 Å². The molecule has 14 heavy (non-hydrogen) atoms. The summed E-state index contributed by atoms with van der Waals surface area (Å²) in [5, 5.41) is 4.31. The summed E-state index contributed by atoms with van der Waals surface area (Å²) in [6.45, 7) is 1.56. The smallest absolute Gasteiger partial charge is 0.261 e. The maximum atomic E-state index is 11.4. The summed E-state index contributed by atoms with van der Waals surface area (Å²) >= 11 is 1.32. The first-order valence-corrected chi connectivity index (χ1v) is 4.88. The number of hydrogen-bond donors (Lipinski definition) is 3. The molecule has 1 atom stereocenters. The molecule has 0 aliphatic heterocycles. The fraction of sp³-hybridized carbons (Fsp3) is 0.250. The molecule has 0 radical (unpaired) electrons. The van der Waals surface area contributed by atoms with Crippen LogP contribution in [0.2, 0.25) is 0 Å². The standard InChI is InChI=1S/C8H11N3O2S/c1-5(7(12)11-9)10-8(13)6-3-2-4-14-6/h2-5H,9H2,1H3,(H,10,13)(H,11,12). The van der Waals surface area contributed by atoms with Crippen LogP contribution in [0.3, 0.4) is 0 Å². The van der Waals surface area contributed by atoms with Gasteiger partial charge in [-0.25, -0.2) is 5.84 Å². The molecule has 2 amide bonds. The van der Waals surface area contributed by atoms with Crippen molar-refractivity contribution in [1.29, 1.82) is 0 Å². The second kappa shape index (κ2) is 4.73. The summed E-state index contributed by atoms with van der Waals surface area (Å²) in [4.78, 5) is 23.0. The molecule has 4 N–H and O–H groups in total. The third kappa shape index (κ3) is 2.54. The van der Waals surface area contributed by atoms with Crippen LogP contribution in [0.1, 0.15) is 16.6 Å². The van der Waals surface area contributed by atoms with E-state index < -0.39 is 11.9 Å². The van der Waals surface area contributed by atoms with Gasteiger partial charge in [0.1, 0.15) is 6.04 Å². The van der Waals surface area contributed by atoms with Crippen molar-refractivity contribution >= 4 is 23.2 Å². The highest BCUT2D eigenvalue weighted by Crippen LogP contribution is 2.07. The number of amides is 2. The summed E-state index contributed by atoms with van der Waals surface area (Å²) in [5.74, 6) is 4.23. The zero-order valence-electron chi connectivity index (χ0n) is 7.61. The second-order valence-corrected chi connectivity index (χ2v) is 3.63. The third-order valence-corrected chi connectivity index (χ3v) is 2.50. The van der Waals surface area contributed by atoms with Gasteiger partial charge in [0.2, 0.25) is 0 Å². The fourth-order valence-corrected chi connectivity index (χ4v) is 1.49. The molecule has 5 nitrogen and oxygen atoms in total. The number of carbonyl (C=O) groups is 2. The lowest BCUT2D eigenvalue weighted by atomic mass is 10.3. The number of nitrogens with one attached hydrogen (secondary N) is 2. The summed E-state index contributed by atoms with van der Waals surface area (Å²) < 4.78 is 0. The predicted octanol–water partition coefficient (Wildman–Crippen LogP) is -0.144. The molecule has 0 saturated heterocycles. The SMILES string of the molecule is CC(NC(=O)c1cccs1)C(=O)NN. The van der Waals surface area contributed by atoms with Crippen LogP contribution < -0.4 is 16.6 Å². The van der Waals surface area contributed by atoms with Crippen LogP contribution in [-0.2, 0) is 4.79 Å². The Bertz CT molecular complexity index is 323. The van der Waals surface area contributed by atoms with E-state index >= 15 is 0 Å². The highest BCUT2D eigenvalue weighted by atomic mass is 32.1. The maximum Gasteiger partial charge on any atom is 0.261 e. The van der Waals surface area contributed by atoms with Crippen LogP contribution in [0.25, 0.3) is 0 Å². The van der Waals surface area contributed by atoms with Gasteiger partial charge in [-0.05, 0) is 18.4 Å². The van der Waals surface area contributed by atoms with Crippen molar-refractivity contribution in [1.82, 2.24) is 10.7 Å². The number of hydrazine groups is 1. The Morgan fingerprint density at radius 1 is 1.57 bits per heavy atom. The molecular formula is C8H11N3O2S. The first-order valence-electron chi connectivity index (χ1n) is 4.00. The molecule has 1 rings (SSSR count). The van der Waals surface area contributed by atoms with Gasteiger partial charge < -0.3 is 5.32 Å². The molecule has 0 aliphatic rings. The minimum atomic E-state index is -0.630. The molecule has 0 saturated carbocycles. The fourth-order valence-electron chi connectivity index (χ4n) is 0.866. The monoisotopic (exact) mass is 213 g/mol. The van der Waals surface area contributed by atoms with Gasteiger partial charge in [-0.1, -0.05) is 6.07 Å². The molecule has 1 heterocycles. The summed E-state index contributed by atoms with van der Waals surface area (Å²) in [5.41, 5.74) is 1.97. The van der Waals surface area contributed by atoms with Crippen molar-refractivity contribution in [2.75, 3.05) is 0 Å². The highest BCUT2D eigenvalue weighted by molar-refractivity contribution is 7.12. The quantitative estimate of drug-likeness (QED) is 0.371. The number of carbonyl (C=O) groups excluding carboxylic acids is 2. The van der Waals surface area contributed by atoms with Gasteiger partial charge in [0.15, 0.2) is 0 Å². The normalized spacial score (nSPS) is 11.9. The molecule has 76 valence electrons. The molecule has 1 unspecified atom stereocenters. The van der Waals surface area contributed by atoms with E-state index in [4.69, 9.17) is 5.84 Å².